The van der Waals surface area contributed by atoms with Gasteiger partial charge >= 0.3 is 6.18 Å². The smallest absolute Gasteiger partial charge is 0.352 e. The van der Waals surface area contributed by atoms with E-state index in [-0.39, 0.29) is 0 Å². The van der Waals surface area contributed by atoms with Crippen molar-refractivity contribution in [2.75, 3.05) is 36.0 Å². The molecule has 0 aliphatic carbocycles. The highest BCUT2D eigenvalue weighted by atomic mass is 79.9. The number of aromatic nitrogens is 3. The van der Waals surface area contributed by atoms with Gasteiger partial charge in [0.05, 0.1) is 15.6 Å². The number of hydrogen-bond acceptors (Lipinski definition) is 4. The lowest BCUT2D eigenvalue weighted by atomic mass is 10.2. The monoisotopic (exact) mass is 529 g/mol. The maximum Gasteiger partial charge on any atom is 0.416 e. The molecule has 1 aliphatic rings. The van der Waals surface area contributed by atoms with E-state index >= 15 is 0 Å². The quantitative estimate of drug-likeness (QED) is 0.469. The van der Waals surface area contributed by atoms with Gasteiger partial charge in [-0.15, -0.1) is 12.8 Å². The Hall–Kier alpha value is -2.25. The van der Waals surface area contributed by atoms with Crippen LogP contribution >= 0.6 is 31.9 Å². The van der Waals surface area contributed by atoms with Crippen LogP contribution in [0.25, 0.3) is 11.0 Å². The fraction of sp³-hybridized carbons (Fsp3) is 0.263. The summed E-state index contributed by atoms with van der Waals surface area (Å²) in [5.74, 6) is 1.46. The molecule has 1 N–H and O–H groups in total. The van der Waals surface area contributed by atoms with E-state index in [9.17, 15) is 13.2 Å². The molecule has 152 valence electrons. The Morgan fingerprint density at radius 2 is 1.66 bits per heavy atom. The van der Waals surface area contributed by atoms with Gasteiger partial charge in [-0.3, -0.25) is 0 Å². The van der Waals surface area contributed by atoms with Crippen LogP contribution in [0.15, 0.2) is 39.4 Å². The van der Waals surface area contributed by atoms with E-state index in [1.807, 2.05) is 17.0 Å². The van der Waals surface area contributed by atoms with Gasteiger partial charge in [-0.25, -0.2) is 9.97 Å². The summed E-state index contributed by atoms with van der Waals surface area (Å²) in [4.78, 5) is 16.1. The zero-order valence-electron chi connectivity index (χ0n) is 15.0. The van der Waals surface area contributed by atoms with Gasteiger partial charge in [-0.05, 0) is 56.1 Å². The fourth-order valence-corrected chi connectivity index (χ4v) is 4.17. The maximum atomic E-state index is 13.0. The molecule has 0 spiro atoms. The minimum absolute atomic E-state index is 0.325. The first-order valence-electron chi connectivity index (χ1n) is 8.53. The van der Waals surface area contributed by atoms with Crippen molar-refractivity contribution in [1.29, 1.82) is 0 Å². The lowest BCUT2D eigenvalue weighted by Crippen LogP contribution is -2.47. The number of piperazine rings is 1. The molecular formula is C19H16Br2F3N5. The topological polar surface area (TPSA) is 48.1 Å². The van der Waals surface area contributed by atoms with E-state index < -0.39 is 11.7 Å². The largest absolute Gasteiger partial charge is 0.416 e. The van der Waals surface area contributed by atoms with E-state index in [4.69, 9.17) is 0 Å². The molecule has 1 saturated heterocycles. The van der Waals surface area contributed by atoms with Crippen LogP contribution in [0.2, 0.25) is 0 Å². The number of rotatable bonds is 2. The summed E-state index contributed by atoms with van der Waals surface area (Å²) < 4.78 is 40.3. The molecule has 1 aromatic carbocycles. The predicted octanol–water partition coefficient (Wildman–Crippen LogP) is 5.08. The zero-order chi connectivity index (χ0) is 21.2. The third kappa shape index (κ3) is 4.51. The Balaban J connectivity index is 0.00000117. The lowest BCUT2D eigenvalue weighted by molar-refractivity contribution is -0.137. The summed E-state index contributed by atoms with van der Waals surface area (Å²) in [5, 5.41) is 0. The first kappa shape index (κ1) is 21.5. The van der Waals surface area contributed by atoms with Gasteiger partial charge in [0.1, 0.15) is 11.3 Å². The minimum atomic E-state index is -4.40. The van der Waals surface area contributed by atoms with Crippen LogP contribution in [0.1, 0.15) is 5.56 Å². The molecule has 0 amide bonds. The number of nitrogens with zero attached hydrogens (tertiary/aromatic N) is 4. The van der Waals surface area contributed by atoms with Gasteiger partial charge in [0, 0.05) is 36.8 Å². The molecule has 0 saturated carbocycles. The minimum Gasteiger partial charge on any atom is -0.352 e. The van der Waals surface area contributed by atoms with Crippen molar-refractivity contribution in [2.45, 2.75) is 6.18 Å². The zero-order valence-corrected chi connectivity index (χ0v) is 18.2. The fourth-order valence-electron chi connectivity index (χ4n) is 3.12. The average Bonchev–Trinajstić information content (AvgIpc) is 3.14. The maximum absolute atomic E-state index is 13.0. The predicted molar refractivity (Wildman–Crippen MR) is 115 cm³/mol. The molecule has 0 radical (unpaired) electrons. The molecule has 1 fully saturated rings. The summed E-state index contributed by atoms with van der Waals surface area (Å²) in [5.41, 5.74) is 0.149. The van der Waals surface area contributed by atoms with Gasteiger partial charge in [0.25, 0.3) is 0 Å². The first-order valence-corrected chi connectivity index (χ1v) is 10.1. The van der Waals surface area contributed by atoms with Gasteiger partial charge < -0.3 is 14.8 Å². The van der Waals surface area contributed by atoms with Crippen LogP contribution < -0.4 is 9.80 Å². The molecule has 10 heteroatoms. The summed E-state index contributed by atoms with van der Waals surface area (Å²) in [6.45, 7) is 2.85. The summed E-state index contributed by atoms with van der Waals surface area (Å²) in [6.07, 6.45) is 5.35. The Kier molecular flexibility index (Phi) is 6.39. The number of alkyl halides is 3. The molecule has 3 aromatic rings. The van der Waals surface area contributed by atoms with E-state index in [1.165, 1.54) is 0 Å². The normalized spacial score (nSPS) is 14.6. The first-order chi connectivity index (χ1) is 13.8. The van der Waals surface area contributed by atoms with Crippen molar-refractivity contribution in [3.8, 4) is 12.8 Å². The van der Waals surface area contributed by atoms with Crippen LogP contribution in [0.5, 0.6) is 0 Å². The van der Waals surface area contributed by atoms with E-state index in [0.717, 1.165) is 35.5 Å². The number of fused-ring (bicyclic) bond motifs is 1. The molecule has 1 aliphatic heterocycles. The average molecular weight is 531 g/mol. The van der Waals surface area contributed by atoms with Crippen LogP contribution in [-0.4, -0.2) is 41.1 Å². The van der Waals surface area contributed by atoms with E-state index in [2.05, 4.69) is 64.6 Å². The van der Waals surface area contributed by atoms with Crippen molar-refractivity contribution in [2.24, 2.45) is 0 Å². The van der Waals surface area contributed by atoms with Gasteiger partial charge in [0.15, 0.2) is 0 Å². The number of hydrogen-bond donors (Lipinski definition) is 1. The third-order valence-corrected chi connectivity index (χ3v) is 5.70. The second-order valence-electron chi connectivity index (χ2n) is 6.20. The standard InChI is InChI=1S/C17H14Br2F3N5.C2H2/c18-11-2-1-3-23-15(11)26-4-6-27(7-5-26)16-24-13-9-10(17(20,21)22)8-12(19)14(13)25-16;1-2/h1-3,8-9H,4-7H2,(H,24,25);1-2H. The van der Waals surface area contributed by atoms with Crippen molar-refractivity contribution in [3.05, 3.63) is 45.0 Å². The number of aromatic amines is 1. The molecule has 0 bridgehead atoms. The van der Waals surface area contributed by atoms with Crippen molar-refractivity contribution in [1.82, 2.24) is 15.0 Å². The number of anilines is 2. The van der Waals surface area contributed by atoms with Crippen LogP contribution in [-0.2, 0) is 6.18 Å². The summed E-state index contributed by atoms with van der Waals surface area (Å²) in [6, 6.07) is 5.97. The molecule has 0 atom stereocenters. The molecule has 5 nitrogen and oxygen atoms in total. The molecule has 0 unspecified atom stereocenters. The van der Waals surface area contributed by atoms with Crippen molar-refractivity contribution < 1.29 is 13.2 Å². The van der Waals surface area contributed by atoms with Crippen LogP contribution in [0, 0.1) is 12.8 Å². The molecule has 2 aromatic heterocycles. The second-order valence-corrected chi connectivity index (χ2v) is 7.90. The Labute approximate surface area is 182 Å². The third-order valence-electron chi connectivity index (χ3n) is 4.47. The number of benzene rings is 1. The number of nitrogens with one attached hydrogen (secondary N) is 1. The van der Waals surface area contributed by atoms with Gasteiger partial charge in [-0.1, -0.05) is 0 Å². The van der Waals surface area contributed by atoms with Crippen molar-refractivity contribution in [3.63, 3.8) is 0 Å². The van der Waals surface area contributed by atoms with E-state index in [1.54, 1.807) is 6.20 Å². The molecule has 3 heterocycles. The Bertz CT molecular complexity index is 1020. The highest BCUT2D eigenvalue weighted by Gasteiger charge is 2.32. The number of pyridine rings is 1. The second kappa shape index (κ2) is 8.63. The lowest BCUT2D eigenvalue weighted by Gasteiger charge is -2.35. The number of halogens is 5. The Morgan fingerprint density at radius 1 is 1.00 bits per heavy atom. The molecular weight excluding hydrogens is 515 g/mol. The molecule has 4 rings (SSSR count). The highest BCUT2D eigenvalue weighted by molar-refractivity contribution is 9.11. The van der Waals surface area contributed by atoms with Crippen LogP contribution in [0.3, 0.4) is 0 Å². The number of imidazole rings is 1. The summed E-state index contributed by atoms with van der Waals surface area (Å²) >= 11 is 6.72. The highest BCUT2D eigenvalue weighted by Crippen LogP contribution is 2.35. The number of terminal acetylenes is 1. The SMILES string of the molecule is C#C.FC(F)(F)c1cc(Br)c2nc(N3CCN(c4ncccc4Br)CC3)[nH]c2c1. The molecule has 29 heavy (non-hydrogen) atoms. The summed E-state index contributed by atoms with van der Waals surface area (Å²) in [7, 11) is 0. The van der Waals surface area contributed by atoms with Gasteiger partial charge in [-0.2, -0.15) is 13.2 Å². The van der Waals surface area contributed by atoms with Crippen LogP contribution in [0.4, 0.5) is 24.9 Å². The Morgan fingerprint density at radius 3 is 2.28 bits per heavy atom. The van der Waals surface area contributed by atoms with Gasteiger partial charge in [0.2, 0.25) is 5.95 Å². The number of H-pyrrole nitrogens is 1. The van der Waals surface area contributed by atoms with E-state index in [0.29, 0.717) is 34.5 Å². The van der Waals surface area contributed by atoms with Crippen molar-refractivity contribution >= 4 is 54.7 Å².